The molecule has 0 saturated carbocycles. The van der Waals surface area contributed by atoms with Gasteiger partial charge in [-0.05, 0) is 29.8 Å². The van der Waals surface area contributed by atoms with Crippen LogP contribution in [0.4, 0.5) is 13.2 Å². The lowest BCUT2D eigenvalue weighted by molar-refractivity contribution is -0.137. The van der Waals surface area contributed by atoms with Crippen LogP contribution in [0, 0.1) is 0 Å². The quantitative estimate of drug-likeness (QED) is 0.880. The average Bonchev–Trinajstić information content (AvgIpc) is 2.90. The van der Waals surface area contributed by atoms with Crippen molar-refractivity contribution in [3.05, 3.63) is 56.7 Å². The molecule has 2 aromatic rings. The van der Waals surface area contributed by atoms with E-state index in [0.717, 1.165) is 23.5 Å². The molecule has 0 bridgehead atoms. The van der Waals surface area contributed by atoms with Crippen molar-refractivity contribution in [3.8, 4) is 0 Å². The maximum Gasteiger partial charge on any atom is 0.416 e. The summed E-state index contributed by atoms with van der Waals surface area (Å²) in [5.41, 5.74) is -0.502. The number of amides is 1. The third-order valence-corrected chi connectivity index (χ3v) is 4.11. The van der Waals surface area contributed by atoms with Crippen molar-refractivity contribution in [2.75, 3.05) is 6.54 Å². The fourth-order valence-electron chi connectivity index (χ4n) is 1.72. The lowest BCUT2D eigenvalue weighted by atomic mass is 10.1. The van der Waals surface area contributed by atoms with Crippen molar-refractivity contribution in [1.82, 2.24) is 5.32 Å². The summed E-state index contributed by atoms with van der Waals surface area (Å²) in [5.74, 6) is -0.400. The molecule has 0 radical (unpaired) electrons. The zero-order valence-electron chi connectivity index (χ0n) is 11.0. The Kier molecular flexibility index (Phi) is 5.10. The molecule has 1 heterocycles. The number of nitrogens with one attached hydrogen (secondary N) is 1. The lowest BCUT2D eigenvalue weighted by Gasteiger charge is -2.13. The summed E-state index contributed by atoms with van der Waals surface area (Å²) in [6.07, 6.45) is -5.52. The fourth-order valence-corrected chi connectivity index (χ4v) is 2.68. The molecule has 22 heavy (non-hydrogen) atoms. The predicted octanol–water partition coefficient (Wildman–Crippen LogP) is 3.88. The molecule has 3 nitrogen and oxygen atoms in total. The number of aliphatic hydroxyl groups excluding tert-OH is 1. The second kappa shape index (κ2) is 6.68. The van der Waals surface area contributed by atoms with Crippen LogP contribution >= 0.6 is 22.9 Å². The molecule has 8 heteroatoms. The SMILES string of the molecule is O=C(NCC(O)c1ccc(C(F)(F)F)cc1)c1ccc(Cl)s1. The fraction of sp³-hybridized carbons (Fsp3) is 0.214. The number of carbonyl (C=O) groups is 1. The first-order chi connectivity index (χ1) is 10.3. The van der Waals surface area contributed by atoms with Crippen LogP contribution in [0.3, 0.4) is 0 Å². The largest absolute Gasteiger partial charge is 0.416 e. The van der Waals surface area contributed by atoms with Crippen molar-refractivity contribution in [2.45, 2.75) is 12.3 Å². The maximum absolute atomic E-state index is 12.4. The summed E-state index contributed by atoms with van der Waals surface area (Å²) in [4.78, 5) is 12.2. The maximum atomic E-state index is 12.4. The standard InChI is InChI=1S/C14H11ClF3NO2S/c15-12-6-5-11(22-12)13(21)19-7-10(20)8-1-3-9(4-2-8)14(16,17)18/h1-6,10,20H,7H2,(H,19,21). The molecule has 1 aromatic carbocycles. The second-order valence-corrected chi connectivity index (χ2v) is 6.16. The van der Waals surface area contributed by atoms with Gasteiger partial charge in [0.2, 0.25) is 0 Å². The molecule has 0 saturated heterocycles. The zero-order valence-corrected chi connectivity index (χ0v) is 12.6. The first-order valence-electron chi connectivity index (χ1n) is 6.16. The molecule has 2 rings (SSSR count). The first-order valence-corrected chi connectivity index (χ1v) is 7.35. The molecular weight excluding hydrogens is 339 g/mol. The Morgan fingerprint density at radius 3 is 2.36 bits per heavy atom. The van der Waals surface area contributed by atoms with Gasteiger partial charge in [-0.15, -0.1) is 11.3 Å². The van der Waals surface area contributed by atoms with E-state index < -0.39 is 23.8 Å². The number of alkyl halides is 3. The molecule has 0 aliphatic rings. The number of benzene rings is 1. The third kappa shape index (κ3) is 4.22. The van der Waals surface area contributed by atoms with Crippen LogP contribution in [0.25, 0.3) is 0 Å². The Morgan fingerprint density at radius 1 is 1.23 bits per heavy atom. The monoisotopic (exact) mass is 349 g/mol. The smallest absolute Gasteiger partial charge is 0.387 e. The Bertz CT molecular complexity index is 655. The van der Waals surface area contributed by atoms with Gasteiger partial charge in [-0.1, -0.05) is 23.7 Å². The van der Waals surface area contributed by atoms with Gasteiger partial charge in [0.05, 0.1) is 20.9 Å². The van der Waals surface area contributed by atoms with Gasteiger partial charge in [0.25, 0.3) is 5.91 Å². The van der Waals surface area contributed by atoms with Crippen LogP contribution in [0.5, 0.6) is 0 Å². The number of halogens is 4. The van der Waals surface area contributed by atoms with Gasteiger partial charge in [0.15, 0.2) is 0 Å². The van der Waals surface area contributed by atoms with E-state index in [0.29, 0.717) is 9.21 Å². The van der Waals surface area contributed by atoms with E-state index in [1.807, 2.05) is 0 Å². The Morgan fingerprint density at radius 2 is 1.86 bits per heavy atom. The van der Waals surface area contributed by atoms with Gasteiger partial charge in [-0.2, -0.15) is 13.2 Å². The van der Waals surface area contributed by atoms with E-state index in [4.69, 9.17) is 11.6 Å². The predicted molar refractivity (Wildman–Crippen MR) is 78.1 cm³/mol. The topological polar surface area (TPSA) is 49.3 Å². The van der Waals surface area contributed by atoms with E-state index >= 15 is 0 Å². The molecule has 0 fully saturated rings. The molecule has 2 N–H and O–H groups in total. The van der Waals surface area contributed by atoms with Gasteiger partial charge in [0, 0.05) is 6.54 Å². The van der Waals surface area contributed by atoms with Crippen molar-refractivity contribution < 1.29 is 23.1 Å². The Labute approximate surface area is 133 Å². The van der Waals surface area contributed by atoms with Crippen LogP contribution < -0.4 is 5.32 Å². The highest BCUT2D eigenvalue weighted by atomic mass is 35.5. The van der Waals surface area contributed by atoms with Gasteiger partial charge in [0.1, 0.15) is 0 Å². The lowest BCUT2D eigenvalue weighted by Crippen LogP contribution is -2.27. The minimum atomic E-state index is -4.42. The number of hydrogen-bond acceptors (Lipinski definition) is 3. The number of thiophene rings is 1. The van der Waals surface area contributed by atoms with Crippen molar-refractivity contribution in [2.24, 2.45) is 0 Å². The number of aliphatic hydroxyl groups is 1. The van der Waals surface area contributed by atoms with Crippen LogP contribution in [-0.4, -0.2) is 17.6 Å². The number of rotatable bonds is 4. The highest BCUT2D eigenvalue weighted by Gasteiger charge is 2.30. The molecule has 1 atom stereocenters. The third-order valence-electron chi connectivity index (χ3n) is 2.88. The van der Waals surface area contributed by atoms with E-state index in [1.54, 1.807) is 12.1 Å². The van der Waals surface area contributed by atoms with Crippen molar-refractivity contribution >= 4 is 28.8 Å². The molecule has 1 amide bonds. The van der Waals surface area contributed by atoms with Crippen molar-refractivity contribution in [1.29, 1.82) is 0 Å². The summed E-state index contributed by atoms with van der Waals surface area (Å²) in [5, 5.41) is 12.4. The van der Waals surface area contributed by atoms with E-state index in [1.165, 1.54) is 12.1 Å². The summed E-state index contributed by atoms with van der Waals surface area (Å²) < 4.78 is 37.8. The van der Waals surface area contributed by atoms with Gasteiger partial charge < -0.3 is 10.4 Å². The first kappa shape index (κ1) is 16.8. The second-order valence-electron chi connectivity index (χ2n) is 4.45. The van der Waals surface area contributed by atoms with E-state index in [-0.39, 0.29) is 12.1 Å². The number of hydrogen-bond donors (Lipinski definition) is 2. The highest BCUT2D eigenvalue weighted by Crippen LogP contribution is 2.29. The molecule has 0 aliphatic heterocycles. The highest BCUT2D eigenvalue weighted by molar-refractivity contribution is 7.17. The zero-order chi connectivity index (χ0) is 16.3. The van der Waals surface area contributed by atoms with Gasteiger partial charge in [-0.25, -0.2) is 0 Å². The average molecular weight is 350 g/mol. The van der Waals surface area contributed by atoms with E-state index in [2.05, 4.69) is 5.32 Å². The minimum absolute atomic E-state index is 0.111. The number of carbonyl (C=O) groups excluding carboxylic acids is 1. The van der Waals surface area contributed by atoms with Gasteiger partial charge in [-0.3, -0.25) is 4.79 Å². The van der Waals surface area contributed by atoms with Crippen molar-refractivity contribution in [3.63, 3.8) is 0 Å². The normalized spacial score (nSPS) is 13.0. The molecular formula is C14H11ClF3NO2S. The summed E-state index contributed by atoms with van der Waals surface area (Å²) in [7, 11) is 0. The Hall–Kier alpha value is -1.57. The van der Waals surface area contributed by atoms with Crippen LogP contribution in [-0.2, 0) is 6.18 Å². The van der Waals surface area contributed by atoms with Crippen LogP contribution in [0.1, 0.15) is 26.9 Å². The van der Waals surface area contributed by atoms with Gasteiger partial charge >= 0.3 is 6.18 Å². The van der Waals surface area contributed by atoms with E-state index in [9.17, 15) is 23.1 Å². The summed E-state index contributed by atoms with van der Waals surface area (Å²) >= 11 is 6.81. The van der Waals surface area contributed by atoms with Crippen LogP contribution in [0.2, 0.25) is 4.34 Å². The molecule has 1 aromatic heterocycles. The molecule has 0 spiro atoms. The molecule has 118 valence electrons. The minimum Gasteiger partial charge on any atom is -0.387 e. The summed E-state index contributed by atoms with van der Waals surface area (Å²) in [6, 6.07) is 7.27. The summed E-state index contributed by atoms with van der Waals surface area (Å²) in [6.45, 7) is -0.111. The van der Waals surface area contributed by atoms with Crippen LogP contribution in [0.15, 0.2) is 36.4 Å². The molecule has 0 aliphatic carbocycles. The Balaban J connectivity index is 1.95. The molecule has 1 unspecified atom stereocenters.